The molecule has 3 N–H and O–H groups in total. The topological polar surface area (TPSA) is 100 Å². The molecule has 0 fully saturated rings. The zero-order chi connectivity index (χ0) is 18.8. The van der Waals surface area contributed by atoms with Gasteiger partial charge in [-0.05, 0) is 36.8 Å². The Balaban J connectivity index is 2.11. The molecule has 7 nitrogen and oxygen atoms in total. The number of anilines is 2. The molecule has 1 aliphatic heterocycles. The van der Waals surface area contributed by atoms with Crippen molar-refractivity contribution >= 4 is 23.2 Å². The Morgan fingerprint density at radius 2 is 2.12 bits per heavy atom. The largest absolute Gasteiger partial charge is 0.459 e. The number of carbonyl (C=O) groups excluding carboxylic acids is 2. The maximum Gasteiger partial charge on any atom is 0.294 e. The van der Waals surface area contributed by atoms with Crippen LogP contribution >= 0.6 is 0 Å². The van der Waals surface area contributed by atoms with Crippen LogP contribution in [0.2, 0.25) is 0 Å². The highest BCUT2D eigenvalue weighted by Gasteiger charge is 2.35. The van der Waals surface area contributed by atoms with Crippen molar-refractivity contribution in [3.63, 3.8) is 0 Å². The van der Waals surface area contributed by atoms with Crippen molar-refractivity contribution in [1.29, 1.82) is 0 Å². The van der Waals surface area contributed by atoms with Crippen molar-refractivity contribution in [1.82, 2.24) is 0 Å². The molecule has 2 aromatic rings. The lowest BCUT2D eigenvalue weighted by Crippen LogP contribution is -2.51. The van der Waals surface area contributed by atoms with Crippen molar-refractivity contribution in [3.8, 4) is 0 Å². The number of nitrogens with zero attached hydrogens (tertiary/aromatic N) is 2. The number of aliphatic hydroxyl groups excluding tert-OH is 1. The molecular weight excluding hydrogens is 334 g/mol. The minimum Gasteiger partial charge on any atom is -0.459 e. The fourth-order valence-electron chi connectivity index (χ4n) is 3.42. The Morgan fingerprint density at radius 1 is 1.35 bits per heavy atom. The molecule has 2 amide bonds. The van der Waals surface area contributed by atoms with Crippen molar-refractivity contribution in [2.45, 2.75) is 25.8 Å². The van der Waals surface area contributed by atoms with Crippen LogP contribution < -0.4 is 15.5 Å². The molecule has 1 aromatic heterocycles. The first-order valence-electron chi connectivity index (χ1n) is 8.58. The maximum absolute atomic E-state index is 12.9. The summed E-state index contributed by atoms with van der Waals surface area (Å²) in [6, 6.07) is 8.58. The summed E-state index contributed by atoms with van der Waals surface area (Å²) in [6.45, 7) is 3.95. The zero-order valence-electron chi connectivity index (χ0n) is 14.9. The second-order valence-electron chi connectivity index (χ2n) is 6.49. The van der Waals surface area contributed by atoms with Crippen LogP contribution in [0.15, 0.2) is 41.0 Å². The van der Waals surface area contributed by atoms with Gasteiger partial charge >= 0.3 is 0 Å². The van der Waals surface area contributed by atoms with Gasteiger partial charge in [-0.3, -0.25) is 9.59 Å². The van der Waals surface area contributed by atoms with Crippen LogP contribution in [0.25, 0.3) is 0 Å². The van der Waals surface area contributed by atoms with Crippen LogP contribution in [0.5, 0.6) is 0 Å². The van der Waals surface area contributed by atoms with E-state index in [1.165, 1.54) is 13.2 Å². The maximum atomic E-state index is 12.9. The number of rotatable bonds is 4. The van der Waals surface area contributed by atoms with Gasteiger partial charge in [0.05, 0.1) is 30.3 Å². The van der Waals surface area contributed by atoms with Gasteiger partial charge in [-0.1, -0.05) is 6.07 Å². The number of hydrogen-bond acceptors (Lipinski definition) is 5. The number of amides is 2. The molecule has 1 aliphatic rings. The average Bonchev–Trinajstić information content (AvgIpc) is 3.16. The van der Waals surface area contributed by atoms with Crippen LogP contribution in [0.4, 0.5) is 11.4 Å². The van der Waals surface area contributed by atoms with Crippen molar-refractivity contribution in [2.24, 2.45) is 5.73 Å². The number of benzene rings is 1. The Bertz CT molecular complexity index is 799. The highest BCUT2D eigenvalue weighted by molar-refractivity contribution is 6.09. The van der Waals surface area contributed by atoms with Gasteiger partial charge in [0, 0.05) is 25.9 Å². The third-order valence-electron chi connectivity index (χ3n) is 4.73. The van der Waals surface area contributed by atoms with E-state index in [1.807, 2.05) is 25.1 Å². The van der Waals surface area contributed by atoms with Gasteiger partial charge in [0.2, 0.25) is 5.91 Å². The van der Waals surface area contributed by atoms with Crippen LogP contribution in [-0.4, -0.2) is 42.7 Å². The number of carbonyl (C=O) groups is 2. The molecule has 0 radical (unpaired) electrons. The fourth-order valence-corrected chi connectivity index (χ4v) is 3.42. The summed E-state index contributed by atoms with van der Waals surface area (Å²) < 4.78 is 5.26. The molecule has 2 heterocycles. The predicted molar refractivity (Wildman–Crippen MR) is 98.3 cm³/mol. The average molecular weight is 357 g/mol. The van der Waals surface area contributed by atoms with Crippen LogP contribution in [0, 0.1) is 0 Å². The smallest absolute Gasteiger partial charge is 0.294 e. The number of hydrogen-bond donors (Lipinski definition) is 2. The van der Waals surface area contributed by atoms with E-state index in [1.54, 1.807) is 21.9 Å². The van der Waals surface area contributed by atoms with Gasteiger partial charge in [-0.25, -0.2) is 0 Å². The summed E-state index contributed by atoms with van der Waals surface area (Å²) in [5.74, 6) is -0.348. The third kappa shape index (κ3) is 3.11. The van der Waals surface area contributed by atoms with Gasteiger partial charge in [-0.2, -0.15) is 0 Å². The quantitative estimate of drug-likeness (QED) is 0.868. The van der Waals surface area contributed by atoms with E-state index in [2.05, 4.69) is 0 Å². The molecule has 2 atom stereocenters. The van der Waals surface area contributed by atoms with Gasteiger partial charge in [0.25, 0.3) is 5.91 Å². The molecule has 0 saturated carbocycles. The standard InChI is InChI=1S/C19H23N3O4/c1-12-10-21(19(25)18-4-3-7-26-18)17-8-14(15(9-20)11-23)5-6-16(17)22(12)13(2)24/h3-8,12,15,23H,9-11,20H2,1-2H3/t12-,15?/m0/s1. The van der Waals surface area contributed by atoms with E-state index < -0.39 is 0 Å². The van der Waals surface area contributed by atoms with Gasteiger partial charge in [-0.15, -0.1) is 0 Å². The summed E-state index contributed by atoms with van der Waals surface area (Å²) in [7, 11) is 0. The fraction of sp³-hybridized carbons (Fsp3) is 0.368. The van der Waals surface area contributed by atoms with E-state index >= 15 is 0 Å². The van der Waals surface area contributed by atoms with Crippen molar-refractivity contribution < 1.29 is 19.1 Å². The molecule has 1 unspecified atom stereocenters. The molecule has 0 saturated heterocycles. The lowest BCUT2D eigenvalue weighted by atomic mass is 9.96. The summed E-state index contributed by atoms with van der Waals surface area (Å²) in [6.07, 6.45) is 1.45. The molecule has 7 heteroatoms. The summed E-state index contributed by atoms with van der Waals surface area (Å²) >= 11 is 0. The Labute approximate surface area is 152 Å². The van der Waals surface area contributed by atoms with E-state index in [-0.39, 0.29) is 42.7 Å². The van der Waals surface area contributed by atoms with Crippen LogP contribution in [0.3, 0.4) is 0 Å². The molecule has 0 aliphatic carbocycles. The molecule has 3 rings (SSSR count). The molecule has 26 heavy (non-hydrogen) atoms. The molecule has 1 aromatic carbocycles. The lowest BCUT2D eigenvalue weighted by Gasteiger charge is -2.40. The van der Waals surface area contributed by atoms with Gasteiger partial charge in [0.15, 0.2) is 5.76 Å². The zero-order valence-corrected chi connectivity index (χ0v) is 14.9. The first-order valence-corrected chi connectivity index (χ1v) is 8.58. The predicted octanol–water partition coefficient (Wildman–Crippen LogP) is 1.72. The number of furan rings is 1. The summed E-state index contributed by atoms with van der Waals surface area (Å²) in [5.41, 5.74) is 7.84. The molecule has 0 spiro atoms. The monoisotopic (exact) mass is 357 g/mol. The first-order chi connectivity index (χ1) is 12.5. The second-order valence-corrected chi connectivity index (χ2v) is 6.49. The van der Waals surface area contributed by atoms with E-state index in [0.717, 1.165) is 5.56 Å². The van der Waals surface area contributed by atoms with Crippen LogP contribution in [0.1, 0.15) is 35.9 Å². The van der Waals surface area contributed by atoms with Gasteiger partial charge in [0.1, 0.15) is 0 Å². The van der Waals surface area contributed by atoms with E-state index in [0.29, 0.717) is 17.9 Å². The van der Waals surface area contributed by atoms with Crippen molar-refractivity contribution in [3.05, 3.63) is 47.9 Å². The Hall–Kier alpha value is -2.64. The molecule has 0 bridgehead atoms. The summed E-state index contributed by atoms with van der Waals surface area (Å²) in [4.78, 5) is 28.4. The van der Waals surface area contributed by atoms with Crippen molar-refractivity contribution in [2.75, 3.05) is 29.5 Å². The number of aliphatic hydroxyl groups is 1. The van der Waals surface area contributed by atoms with E-state index in [9.17, 15) is 14.7 Å². The molecular formula is C19H23N3O4. The molecule has 138 valence electrons. The van der Waals surface area contributed by atoms with E-state index in [4.69, 9.17) is 10.2 Å². The highest BCUT2D eigenvalue weighted by Crippen LogP contribution is 2.38. The number of nitrogens with two attached hydrogens (primary N) is 1. The summed E-state index contributed by atoms with van der Waals surface area (Å²) in [5, 5.41) is 9.55. The first kappa shape index (κ1) is 18.2. The number of fused-ring (bicyclic) bond motifs is 1. The van der Waals surface area contributed by atoms with Gasteiger partial charge < -0.3 is 25.1 Å². The minimum atomic E-state index is -0.267. The Morgan fingerprint density at radius 3 is 2.69 bits per heavy atom. The Kier molecular flexibility index (Phi) is 5.11. The normalized spacial score (nSPS) is 17.8. The third-order valence-corrected chi connectivity index (χ3v) is 4.73. The second kappa shape index (κ2) is 7.31. The minimum absolute atomic E-state index is 0.0888. The SMILES string of the molecule is CC(=O)N1c2ccc(C(CN)CO)cc2N(C(=O)c2ccco2)C[C@@H]1C. The lowest BCUT2D eigenvalue weighted by molar-refractivity contribution is -0.117. The van der Waals surface area contributed by atoms with Crippen LogP contribution in [-0.2, 0) is 4.79 Å². The highest BCUT2D eigenvalue weighted by atomic mass is 16.3.